The Bertz CT molecular complexity index is 1510. The Labute approximate surface area is 233 Å². The van der Waals surface area contributed by atoms with Crippen molar-refractivity contribution in [3.05, 3.63) is 131 Å². The monoisotopic (exact) mass is 539 g/mol. The average molecular weight is 540 g/mol. The van der Waals surface area contributed by atoms with Gasteiger partial charge in [-0.15, -0.1) is 11.8 Å². The number of hydrogen-bond donors (Lipinski definition) is 2. The second kappa shape index (κ2) is 11.8. The summed E-state index contributed by atoms with van der Waals surface area (Å²) >= 11 is 7.72. The average Bonchev–Trinajstić information content (AvgIpc) is 3.37. The van der Waals surface area contributed by atoms with E-state index in [9.17, 15) is 4.79 Å². The second-order valence-corrected chi connectivity index (χ2v) is 11.0. The normalized spacial score (nSPS) is 11.9. The first-order valence-electron chi connectivity index (χ1n) is 12.6. The van der Waals surface area contributed by atoms with Gasteiger partial charge in [-0.3, -0.25) is 4.79 Å². The number of thioether (sulfide) groups is 1. The Morgan fingerprint density at radius 3 is 2.34 bits per heavy atom. The van der Waals surface area contributed by atoms with Crippen molar-refractivity contribution in [1.82, 2.24) is 10.3 Å². The quantitative estimate of drug-likeness (QED) is 0.188. The van der Waals surface area contributed by atoms with Crippen LogP contribution in [0.5, 0.6) is 0 Å². The summed E-state index contributed by atoms with van der Waals surface area (Å²) in [4.78, 5) is 19.8. The number of aromatic nitrogens is 1. The fourth-order valence-corrected chi connectivity index (χ4v) is 5.52. The Morgan fingerprint density at radius 2 is 1.63 bits per heavy atom. The Balaban J connectivity index is 1.29. The second-order valence-electron chi connectivity index (χ2n) is 9.48. The molecule has 38 heavy (non-hydrogen) atoms. The molecule has 0 saturated carbocycles. The number of anilines is 1. The lowest BCUT2D eigenvalue weighted by Crippen LogP contribution is -2.29. The van der Waals surface area contributed by atoms with Gasteiger partial charge in [0.05, 0.1) is 0 Å². The van der Waals surface area contributed by atoms with Crippen molar-refractivity contribution < 1.29 is 4.79 Å². The number of benzene rings is 4. The molecule has 0 aliphatic rings. The largest absolute Gasteiger partial charge is 0.378 e. The van der Waals surface area contributed by atoms with E-state index in [0.29, 0.717) is 12.1 Å². The summed E-state index contributed by atoms with van der Waals surface area (Å²) in [5, 5.41) is 5.10. The molecule has 4 aromatic carbocycles. The van der Waals surface area contributed by atoms with Crippen molar-refractivity contribution >= 4 is 45.9 Å². The van der Waals surface area contributed by atoms with Gasteiger partial charge < -0.3 is 15.2 Å². The van der Waals surface area contributed by atoms with Crippen LogP contribution >= 0.6 is 23.4 Å². The van der Waals surface area contributed by atoms with Crippen molar-refractivity contribution in [2.24, 2.45) is 0 Å². The van der Waals surface area contributed by atoms with E-state index >= 15 is 0 Å². The van der Waals surface area contributed by atoms with Gasteiger partial charge in [-0.2, -0.15) is 0 Å². The van der Waals surface area contributed by atoms with Gasteiger partial charge in [0.15, 0.2) is 0 Å². The number of hydrogen-bond acceptors (Lipinski definition) is 3. The van der Waals surface area contributed by atoms with Gasteiger partial charge in [0.25, 0.3) is 5.91 Å². The third kappa shape index (κ3) is 6.07. The number of H-pyrrole nitrogens is 1. The molecule has 0 fully saturated rings. The van der Waals surface area contributed by atoms with Crippen LogP contribution in [-0.2, 0) is 5.75 Å². The fraction of sp³-hybridized carbons (Fsp3) is 0.156. The highest BCUT2D eigenvalue weighted by Gasteiger charge is 2.20. The Morgan fingerprint density at radius 1 is 0.921 bits per heavy atom. The van der Waals surface area contributed by atoms with Gasteiger partial charge in [0, 0.05) is 70.6 Å². The Hall–Kier alpha value is -3.67. The fourth-order valence-electron chi connectivity index (χ4n) is 4.54. The van der Waals surface area contributed by atoms with Crippen LogP contribution < -0.4 is 10.2 Å². The first-order chi connectivity index (χ1) is 18.5. The molecule has 1 aromatic heterocycles. The first-order valence-corrected chi connectivity index (χ1v) is 13.9. The van der Waals surface area contributed by atoms with Crippen LogP contribution in [0.2, 0.25) is 5.02 Å². The summed E-state index contributed by atoms with van der Waals surface area (Å²) in [5.41, 5.74) is 6.40. The number of nitrogens with one attached hydrogen (secondary N) is 2. The van der Waals surface area contributed by atoms with Crippen molar-refractivity contribution in [2.75, 3.05) is 25.5 Å². The third-order valence-electron chi connectivity index (χ3n) is 6.71. The summed E-state index contributed by atoms with van der Waals surface area (Å²) in [7, 11) is 4.07. The van der Waals surface area contributed by atoms with Gasteiger partial charge in [-0.05, 0) is 71.3 Å². The number of aromatic amines is 1. The molecule has 0 bridgehead atoms. The van der Waals surface area contributed by atoms with Crippen LogP contribution in [-0.4, -0.2) is 31.5 Å². The predicted octanol–water partition coefficient (Wildman–Crippen LogP) is 7.74. The number of carbonyl (C=O) groups is 1. The zero-order valence-corrected chi connectivity index (χ0v) is 23.0. The van der Waals surface area contributed by atoms with Crippen LogP contribution in [0, 0.1) is 0 Å². The molecule has 1 heterocycles. The van der Waals surface area contributed by atoms with Crippen molar-refractivity contribution in [2.45, 2.75) is 16.6 Å². The zero-order valence-electron chi connectivity index (χ0n) is 21.4. The zero-order chi connectivity index (χ0) is 26.5. The number of amides is 1. The number of halogens is 1. The summed E-state index contributed by atoms with van der Waals surface area (Å²) in [6, 6.07) is 32.5. The highest BCUT2D eigenvalue weighted by Crippen LogP contribution is 2.31. The maximum Gasteiger partial charge on any atom is 0.251 e. The van der Waals surface area contributed by atoms with Gasteiger partial charge in [-0.25, -0.2) is 0 Å². The van der Waals surface area contributed by atoms with Crippen LogP contribution in [0.15, 0.2) is 108 Å². The highest BCUT2D eigenvalue weighted by molar-refractivity contribution is 7.98. The number of nitrogens with zero attached hydrogens (tertiary/aromatic N) is 1. The van der Waals surface area contributed by atoms with Gasteiger partial charge in [0.1, 0.15) is 0 Å². The molecular formula is C32H30ClN3OS. The van der Waals surface area contributed by atoms with Crippen molar-refractivity contribution in [3.63, 3.8) is 0 Å². The van der Waals surface area contributed by atoms with E-state index in [4.69, 9.17) is 11.6 Å². The molecule has 4 nitrogen and oxygen atoms in total. The first kappa shape index (κ1) is 26.0. The van der Waals surface area contributed by atoms with E-state index in [-0.39, 0.29) is 11.8 Å². The number of para-hydroxylation sites is 1. The van der Waals surface area contributed by atoms with Crippen molar-refractivity contribution in [3.8, 4) is 0 Å². The van der Waals surface area contributed by atoms with Gasteiger partial charge in [-0.1, -0.05) is 54.1 Å². The minimum atomic E-state index is -0.0725. The molecule has 1 amide bonds. The van der Waals surface area contributed by atoms with E-state index in [2.05, 4.69) is 63.9 Å². The molecule has 0 spiro atoms. The molecule has 5 aromatic rings. The maximum atomic E-state index is 13.1. The lowest BCUT2D eigenvalue weighted by molar-refractivity contribution is 0.0952. The molecule has 5 rings (SSSR count). The molecule has 0 aliphatic carbocycles. The molecule has 0 unspecified atom stereocenters. The minimum absolute atomic E-state index is 0.0151. The van der Waals surface area contributed by atoms with E-state index in [1.54, 1.807) is 11.8 Å². The van der Waals surface area contributed by atoms with E-state index < -0.39 is 0 Å². The van der Waals surface area contributed by atoms with Crippen LogP contribution in [0.1, 0.15) is 33.0 Å². The lowest BCUT2D eigenvalue weighted by atomic mass is 9.90. The van der Waals surface area contributed by atoms with Crippen molar-refractivity contribution in [1.29, 1.82) is 0 Å². The number of carbonyl (C=O) groups excluding carboxylic acids is 1. The molecule has 0 aliphatic heterocycles. The summed E-state index contributed by atoms with van der Waals surface area (Å²) in [6.07, 6.45) is 2.06. The van der Waals surface area contributed by atoms with E-state index in [0.717, 1.165) is 32.4 Å². The highest BCUT2D eigenvalue weighted by atomic mass is 35.5. The van der Waals surface area contributed by atoms with Gasteiger partial charge >= 0.3 is 0 Å². The topological polar surface area (TPSA) is 48.1 Å². The predicted molar refractivity (Wildman–Crippen MR) is 161 cm³/mol. The standard InChI is InChI=1S/C32H30ClN3OS/c1-36(2)26-15-11-23(12-16-26)29(30-20-34-31-6-4-3-5-28(30)31)19-35-32(37)24-9-7-22(8-10-24)21-38-27-17-13-25(33)14-18-27/h3-18,20,29,34H,19,21H2,1-2H3,(H,35,37)/t29-/m0/s1. The number of rotatable bonds is 9. The molecule has 1 atom stereocenters. The molecule has 6 heteroatoms. The summed E-state index contributed by atoms with van der Waals surface area (Å²) < 4.78 is 0. The van der Waals surface area contributed by atoms with E-state index in [1.807, 2.05) is 68.7 Å². The Kier molecular flexibility index (Phi) is 8.06. The molecule has 192 valence electrons. The third-order valence-corrected chi connectivity index (χ3v) is 8.05. The van der Waals surface area contributed by atoms with E-state index in [1.165, 1.54) is 16.5 Å². The molecule has 0 saturated heterocycles. The minimum Gasteiger partial charge on any atom is -0.378 e. The van der Waals surface area contributed by atoms with Gasteiger partial charge in [0.2, 0.25) is 0 Å². The lowest BCUT2D eigenvalue weighted by Gasteiger charge is -2.20. The summed E-state index contributed by atoms with van der Waals surface area (Å²) in [6.45, 7) is 0.496. The molecular weight excluding hydrogens is 510 g/mol. The van der Waals surface area contributed by atoms with Crippen LogP contribution in [0.25, 0.3) is 10.9 Å². The van der Waals surface area contributed by atoms with Crippen LogP contribution in [0.4, 0.5) is 5.69 Å². The van der Waals surface area contributed by atoms with Crippen LogP contribution in [0.3, 0.4) is 0 Å². The maximum absolute atomic E-state index is 13.1. The smallest absolute Gasteiger partial charge is 0.251 e. The summed E-state index contributed by atoms with van der Waals surface area (Å²) in [5.74, 6) is 0.771. The number of fused-ring (bicyclic) bond motifs is 1. The SMILES string of the molecule is CN(C)c1ccc([C@H](CNC(=O)c2ccc(CSc3ccc(Cl)cc3)cc2)c2c[nH]c3ccccc23)cc1. The molecule has 2 N–H and O–H groups in total. The molecule has 0 radical (unpaired) electrons.